The Kier molecular flexibility index (Phi) is 7.29. The lowest BCUT2D eigenvalue weighted by molar-refractivity contribution is 0.191. The van der Waals surface area contributed by atoms with Crippen molar-refractivity contribution in [3.63, 3.8) is 0 Å². The average molecular weight is 258 g/mol. The smallest absolute Gasteiger partial charge is 0.0945 e. The molecule has 0 unspecified atom stereocenters. The van der Waals surface area contributed by atoms with E-state index in [9.17, 15) is 0 Å². The Morgan fingerprint density at radius 2 is 2.06 bits per heavy atom. The largest absolute Gasteiger partial charge is 0.337 e. The van der Waals surface area contributed by atoms with Crippen molar-refractivity contribution in [1.82, 2.24) is 14.5 Å². The monoisotopic (exact) mass is 257 g/mol. The summed E-state index contributed by atoms with van der Waals surface area (Å²) in [6.45, 7) is 7.67. The third-order valence-corrected chi connectivity index (χ3v) is 3.42. The molecule has 1 aromatic heterocycles. The van der Waals surface area contributed by atoms with Gasteiger partial charge in [-0.25, -0.2) is 4.98 Å². The first-order chi connectivity index (χ1) is 8.31. The van der Waals surface area contributed by atoms with Crippen LogP contribution in [-0.2, 0) is 6.54 Å². The van der Waals surface area contributed by atoms with Gasteiger partial charge in [-0.15, -0.1) is 11.6 Å². The Morgan fingerprint density at radius 1 is 1.29 bits per heavy atom. The van der Waals surface area contributed by atoms with Crippen LogP contribution in [0.1, 0.15) is 33.1 Å². The highest BCUT2D eigenvalue weighted by molar-refractivity contribution is 6.18. The van der Waals surface area contributed by atoms with E-state index in [4.69, 9.17) is 11.6 Å². The van der Waals surface area contributed by atoms with Gasteiger partial charge in [0.25, 0.3) is 0 Å². The van der Waals surface area contributed by atoms with E-state index in [1.165, 1.54) is 12.8 Å². The van der Waals surface area contributed by atoms with E-state index in [2.05, 4.69) is 28.3 Å². The average Bonchev–Trinajstić information content (AvgIpc) is 2.83. The van der Waals surface area contributed by atoms with Crippen molar-refractivity contribution in [2.45, 2.75) is 45.7 Å². The molecule has 0 fully saturated rings. The SMILES string of the molecule is CCC(CC)N(CCCl)CCCn1ccnc1. The van der Waals surface area contributed by atoms with Crippen LogP contribution in [0.4, 0.5) is 0 Å². The van der Waals surface area contributed by atoms with Crippen molar-refractivity contribution >= 4 is 11.6 Å². The number of aromatic nitrogens is 2. The van der Waals surface area contributed by atoms with Gasteiger partial charge < -0.3 is 4.57 Å². The minimum atomic E-state index is 0.677. The zero-order chi connectivity index (χ0) is 12.5. The standard InChI is InChI=1S/C13H24ClN3/c1-3-13(4-2)17(10-6-14)9-5-8-16-11-7-15-12-16/h7,11-13H,3-6,8-10H2,1-2H3. The molecule has 0 amide bonds. The quantitative estimate of drug-likeness (QED) is 0.634. The predicted octanol–water partition coefficient (Wildman–Crippen LogP) is 3.00. The third-order valence-electron chi connectivity index (χ3n) is 3.25. The predicted molar refractivity (Wildman–Crippen MR) is 73.5 cm³/mol. The van der Waals surface area contributed by atoms with Gasteiger partial charge in [-0.2, -0.15) is 0 Å². The molecule has 0 bridgehead atoms. The van der Waals surface area contributed by atoms with Gasteiger partial charge in [0.15, 0.2) is 0 Å². The van der Waals surface area contributed by atoms with E-state index < -0.39 is 0 Å². The first kappa shape index (κ1) is 14.5. The zero-order valence-electron chi connectivity index (χ0n) is 11.0. The van der Waals surface area contributed by atoms with Gasteiger partial charge in [-0.05, 0) is 19.3 Å². The number of rotatable bonds is 9. The summed E-state index contributed by atoms with van der Waals surface area (Å²) < 4.78 is 2.13. The van der Waals surface area contributed by atoms with E-state index in [-0.39, 0.29) is 0 Å². The number of halogens is 1. The Hall–Kier alpha value is -0.540. The molecule has 0 aliphatic heterocycles. The molecule has 17 heavy (non-hydrogen) atoms. The van der Waals surface area contributed by atoms with Crippen molar-refractivity contribution in [1.29, 1.82) is 0 Å². The maximum Gasteiger partial charge on any atom is 0.0945 e. The molecule has 0 atom stereocenters. The maximum absolute atomic E-state index is 5.88. The van der Waals surface area contributed by atoms with Gasteiger partial charge >= 0.3 is 0 Å². The number of alkyl halides is 1. The van der Waals surface area contributed by atoms with Crippen LogP contribution >= 0.6 is 11.6 Å². The van der Waals surface area contributed by atoms with E-state index in [0.717, 1.165) is 31.9 Å². The summed E-state index contributed by atoms with van der Waals surface area (Å²) in [6, 6.07) is 0.677. The van der Waals surface area contributed by atoms with Crippen LogP contribution in [0.15, 0.2) is 18.7 Å². The van der Waals surface area contributed by atoms with Crippen molar-refractivity contribution in [2.24, 2.45) is 0 Å². The fourth-order valence-corrected chi connectivity index (χ4v) is 2.48. The lowest BCUT2D eigenvalue weighted by Crippen LogP contribution is -2.37. The summed E-state index contributed by atoms with van der Waals surface area (Å²) in [6.07, 6.45) is 9.30. The van der Waals surface area contributed by atoms with Gasteiger partial charge in [0.1, 0.15) is 0 Å². The number of hydrogen-bond donors (Lipinski definition) is 0. The molecule has 98 valence electrons. The van der Waals surface area contributed by atoms with E-state index in [1.54, 1.807) is 0 Å². The van der Waals surface area contributed by atoms with Crippen LogP contribution in [-0.4, -0.2) is 39.5 Å². The fraction of sp³-hybridized carbons (Fsp3) is 0.769. The van der Waals surface area contributed by atoms with Gasteiger partial charge in [0.05, 0.1) is 6.33 Å². The number of aryl methyl sites for hydroxylation is 1. The Balaban J connectivity index is 2.33. The summed E-state index contributed by atoms with van der Waals surface area (Å²) in [7, 11) is 0. The van der Waals surface area contributed by atoms with Crippen LogP contribution in [0.3, 0.4) is 0 Å². The van der Waals surface area contributed by atoms with Crippen molar-refractivity contribution in [3.05, 3.63) is 18.7 Å². The molecule has 4 heteroatoms. The molecular formula is C13H24ClN3. The van der Waals surface area contributed by atoms with Crippen LogP contribution in [0.25, 0.3) is 0 Å². The Labute approximate surface area is 110 Å². The van der Waals surface area contributed by atoms with Crippen LogP contribution < -0.4 is 0 Å². The molecule has 0 spiro atoms. The third kappa shape index (κ3) is 5.09. The van der Waals surface area contributed by atoms with E-state index >= 15 is 0 Å². The van der Waals surface area contributed by atoms with Crippen LogP contribution in [0.5, 0.6) is 0 Å². The molecule has 0 N–H and O–H groups in total. The Bertz CT molecular complexity index is 270. The second-order valence-electron chi connectivity index (χ2n) is 4.35. The van der Waals surface area contributed by atoms with Crippen molar-refractivity contribution in [3.8, 4) is 0 Å². The molecule has 0 aliphatic carbocycles. The number of nitrogens with zero attached hydrogens (tertiary/aromatic N) is 3. The fourth-order valence-electron chi connectivity index (χ4n) is 2.27. The highest BCUT2D eigenvalue weighted by Crippen LogP contribution is 2.09. The first-order valence-corrected chi connectivity index (χ1v) is 7.11. The number of imidazole rings is 1. The van der Waals surface area contributed by atoms with Crippen LogP contribution in [0, 0.1) is 0 Å². The summed E-state index contributed by atoms with van der Waals surface area (Å²) in [5.74, 6) is 0.724. The minimum absolute atomic E-state index is 0.677. The lowest BCUT2D eigenvalue weighted by Gasteiger charge is -2.29. The molecule has 0 saturated carbocycles. The van der Waals surface area contributed by atoms with Gasteiger partial charge in [-0.1, -0.05) is 13.8 Å². The zero-order valence-corrected chi connectivity index (χ0v) is 11.7. The van der Waals surface area contributed by atoms with Crippen molar-refractivity contribution < 1.29 is 0 Å². The van der Waals surface area contributed by atoms with Crippen LogP contribution in [0.2, 0.25) is 0 Å². The van der Waals surface area contributed by atoms with Gasteiger partial charge in [-0.3, -0.25) is 4.90 Å². The summed E-state index contributed by atoms with van der Waals surface area (Å²) >= 11 is 5.88. The summed E-state index contributed by atoms with van der Waals surface area (Å²) in [4.78, 5) is 6.57. The molecule has 0 radical (unpaired) electrons. The second-order valence-corrected chi connectivity index (χ2v) is 4.73. The topological polar surface area (TPSA) is 21.1 Å². The first-order valence-electron chi connectivity index (χ1n) is 6.57. The second kappa shape index (κ2) is 8.54. The molecule has 0 aromatic carbocycles. The molecule has 3 nitrogen and oxygen atoms in total. The molecule has 1 rings (SSSR count). The van der Waals surface area contributed by atoms with Gasteiger partial charge in [0, 0.05) is 43.9 Å². The molecule has 1 heterocycles. The molecule has 1 aromatic rings. The molecule has 0 saturated heterocycles. The minimum Gasteiger partial charge on any atom is -0.337 e. The van der Waals surface area contributed by atoms with Crippen molar-refractivity contribution in [2.75, 3.05) is 19.0 Å². The summed E-state index contributed by atoms with van der Waals surface area (Å²) in [5.41, 5.74) is 0. The maximum atomic E-state index is 5.88. The van der Waals surface area contributed by atoms with E-state index in [1.807, 2.05) is 18.7 Å². The van der Waals surface area contributed by atoms with E-state index in [0.29, 0.717) is 6.04 Å². The highest BCUT2D eigenvalue weighted by atomic mass is 35.5. The Morgan fingerprint density at radius 3 is 2.59 bits per heavy atom. The highest BCUT2D eigenvalue weighted by Gasteiger charge is 2.13. The summed E-state index contributed by atoms with van der Waals surface area (Å²) in [5, 5.41) is 0. The van der Waals surface area contributed by atoms with Gasteiger partial charge in [0.2, 0.25) is 0 Å². The molecular weight excluding hydrogens is 234 g/mol. The molecule has 0 aliphatic rings. The number of hydrogen-bond acceptors (Lipinski definition) is 2. The lowest BCUT2D eigenvalue weighted by atomic mass is 10.1. The normalized spacial score (nSPS) is 11.6.